The minimum absolute atomic E-state index is 0.140. The van der Waals surface area contributed by atoms with Crippen molar-refractivity contribution in [1.29, 1.82) is 0 Å². The molecule has 2 rings (SSSR count). The van der Waals surface area contributed by atoms with Crippen LogP contribution in [0, 0.1) is 13.8 Å². The van der Waals surface area contributed by atoms with E-state index in [4.69, 9.17) is 4.42 Å². The first-order valence-electron chi connectivity index (χ1n) is 7.30. The molecule has 0 saturated carbocycles. The molecule has 2 aromatic rings. The molecule has 0 saturated heterocycles. The van der Waals surface area contributed by atoms with Crippen LogP contribution in [0.2, 0.25) is 0 Å². The molecule has 4 nitrogen and oxygen atoms in total. The van der Waals surface area contributed by atoms with Gasteiger partial charge >= 0.3 is 0 Å². The van der Waals surface area contributed by atoms with Crippen LogP contribution in [0.4, 0.5) is 0 Å². The number of aromatic nitrogens is 2. The van der Waals surface area contributed by atoms with Crippen molar-refractivity contribution < 1.29 is 4.42 Å². The molecule has 108 valence electrons. The Morgan fingerprint density at radius 3 is 2.70 bits per heavy atom. The van der Waals surface area contributed by atoms with E-state index in [1.807, 2.05) is 12.1 Å². The van der Waals surface area contributed by atoms with E-state index in [2.05, 4.69) is 49.3 Å². The van der Waals surface area contributed by atoms with Gasteiger partial charge in [-0.15, -0.1) is 10.2 Å². The lowest BCUT2D eigenvalue weighted by molar-refractivity contribution is 0.396. The Morgan fingerprint density at radius 1 is 1.20 bits per heavy atom. The smallest absolute Gasteiger partial charge is 0.248 e. The molecule has 1 heterocycles. The molecule has 1 unspecified atom stereocenters. The van der Waals surface area contributed by atoms with Crippen LogP contribution in [0.1, 0.15) is 49.7 Å². The van der Waals surface area contributed by atoms with E-state index in [1.54, 1.807) is 0 Å². The first-order valence-corrected chi connectivity index (χ1v) is 7.30. The molecular formula is C16H23N3O. The van der Waals surface area contributed by atoms with Gasteiger partial charge in [0.2, 0.25) is 11.8 Å². The number of nitrogens with one attached hydrogen (secondary N) is 1. The molecule has 4 heteroatoms. The number of hydrogen-bond acceptors (Lipinski definition) is 4. The van der Waals surface area contributed by atoms with Crippen LogP contribution in [-0.2, 0) is 0 Å². The van der Waals surface area contributed by atoms with Gasteiger partial charge in [0, 0.05) is 5.56 Å². The predicted octanol–water partition coefficient (Wildman–Crippen LogP) is 3.80. The number of benzene rings is 1. The van der Waals surface area contributed by atoms with Gasteiger partial charge in [0.15, 0.2) is 0 Å². The third-order valence-corrected chi connectivity index (χ3v) is 3.62. The van der Waals surface area contributed by atoms with E-state index < -0.39 is 0 Å². The number of hydrogen-bond donors (Lipinski definition) is 1. The molecule has 1 atom stereocenters. The maximum absolute atomic E-state index is 5.87. The van der Waals surface area contributed by atoms with Gasteiger partial charge < -0.3 is 9.73 Å². The molecule has 0 aliphatic rings. The quantitative estimate of drug-likeness (QED) is 0.869. The monoisotopic (exact) mass is 273 g/mol. The second-order valence-electron chi connectivity index (χ2n) is 5.11. The summed E-state index contributed by atoms with van der Waals surface area (Å²) in [4.78, 5) is 0. The van der Waals surface area contributed by atoms with Crippen LogP contribution >= 0.6 is 0 Å². The molecule has 0 radical (unpaired) electrons. The van der Waals surface area contributed by atoms with Crippen LogP contribution in [0.5, 0.6) is 0 Å². The lowest BCUT2D eigenvalue weighted by Crippen LogP contribution is -2.21. The number of aryl methyl sites for hydroxylation is 1. The van der Waals surface area contributed by atoms with Gasteiger partial charge in [-0.05, 0) is 50.4 Å². The van der Waals surface area contributed by atoms with Crippen molar-refractivity contribution >= 4 is 0 Å². The summed E-state index contributed by atoms with van der Waals surface area (Å²) >= 11 is 0. The summed E-state index contributed by atoms with van der Waals surface area (Å²) in [5.74, 6) is 1.29. The molecule has 0 aliphatic carbocycles. The molecule has 20 heavy (non-hydrogen) atoms. The Hall–Kier alpha value is -1.68. The molecular weight excluding hydrogens is 250 g/mol. The maximum Gasteiger partial charge on any atom is 0.248 e. The first kappa shape index (κ1) is 14.7. The van der Waals surface area contributed by atoms with Gasteiger partial charge in [-0.25, -0.2) is 0 Å². The predicted molar refractivity (Wildman–Crippen MR) is 80.5 cm³/mol. The van der Waals surface area contributed by atoms with Crippen molar-refractivity contribution in [2.45, 2.75) is 46.6 Å². The maximum atomic E-state index is 5.87. The van der Waals surface area contributed by atoms with Crippen molar-refractivity contribution in [3.8, 4) is 11.5 Å². The summed E-state index contributed by atoms with van der Waals surface area (Å²) in [5, 5.41) is 11.8. The lowest BCUT2D eigenvalue weighted by Gasteiger charge is -2.11. The number of nitrogens with zero attached hydrogens (tertiary/aromatic N) is 2. The standard InChI is InChI=1S/C16H23N3O/c1-5-10-17-14(6-2)16-19-18-15(20-16)13-9-7-8-11(3)12(13)4/h7-9,14,17H,5-6,10H2,1-4H3. The summed E-state index contributed by atoms with van der Waals surface area (Å²) in [6.45, 7) is 9.40. The normalized spacial score (nSPS) is 12.6. The molecule has 1 aromatic heterocycles. The Morgan fingerprint density at radius 2 is 2.00 bits per heavy atom. The summed E-state index contributed by atoms with van der Waals surface area (Å²) in [5.41, 5.74) is 3.45. The fraction of sp³-hybridized carbons (Fsp3) is 0.500. The average molecular weight is 273 g/mol. The zero-order valence-corrected chi connectivity index (χ0v) is 12.7. The molecule has 0 aliphatic heterocycles. The van der Waals surface area contributed by atoms with Crippen LogP contribution < -0.4 is 5.32 Å². The molecule has 1 N–H and O–H groups in total. The van der Waals surface area contributed by atoms with Gasteiger partial charge in [-0.3, -0.25) is 0 Å². The average Bonchev–Trinajstić information content (AvgIpc) is 2.92. The minimum atomic E-state index is 0.140. The van der Waals surface area contributed by atoms with Crippen LogP contribution in [0.25, 0.3) is 11.5 Å². The molecule has 0 amide bonds. The van der Waals surface area contributed by atoms with Crippen molar-refractivity contribution in [3.05, 3.63) is 35.2 Å². The van der Waals surface area contributed by atoms with E-state index in [-0.39, 0.29) is 6.04 Å². The summed E-state index contributed by atoms with van der Waals surface area (Å²) in [6.07, 6.45) is 2.03. The van der Waals surface area contributed by atoms with Crippen molar-refractivity contribution in [2.75, 3.05) is 6.54 Å². The van der Waals surface area contributed by atoms with Gasteiger partial charge in [-0.1, -0.05) is 26.0 Å². The molecule has 1 aromatic carbocycles. The van der Waals surface area contributed by atoms with E-state index in [9.17, 15) is 0 Å². The first-order chi connectivity index (χ1) is 9.67. The topological polar surface area (TPSA) is 51.0 Å². The molecule has 0 bridgehead atoms. The van der Waals surface area contributed by atoms with Crippen LogP contribution in [0.3, 0.4) is 0 Å². The largest absolute Gasteiger partial charge is 0.419 e. The fourth-order valence-electron chi connectivity index (χ4n) is 2.19. The van der Waals surface area contributed by atoms with Gasteiger partial charge in [0.1, 0.15) is 0 Å². The lowest BCUT2D eigenvalue weighted by atomic mass is 10.0. The molecule has 0 spiro atoms. The highest BCUT2D eigenvalue weighted by Crippen LogP contribution is 2.26. The van der Waals surface area contributed by atoms with Crippen molar-refractivity contribution in [3.63, 3.8) is 0 Å². The Bertz CT molecular complexity index is 563. The van der Waals surface area contributed by atoms with Crippen molar-refractivity contribution in [1.82, 2.24) is 15.5 Å². The van der Waals surface area contributed by atoms with Gasteiger partial charge in [0.05, 0.1) is 6.04 Å². The minimum Gasteiger partial charge on any atom is -0.419 e. The van der Waals surface area contributed by atoms with E-state index in [0.29, 0.717) is 11.8 Å². The van der Waals surface area contributed by atoms with E-state index in [1.165, 1.54) is 11.1 Å². The Labute approximate surface area is 120 Å². The number of rotatable bonds is 6. The zero-order valence-electron chi connectivity index (χ0n) is 12.7. The summed E-state index contributed by atoms with van der Waals surface area (Å²) < 4.78 is 5.87. The fourth-order valence-corrected chi connectivity index (χ4v) is 2.19. The zero-order chi connectivity index (χ0) is 14.5. The highest BCUT2D eigenvalue weighted by Gasteiger charge is 2.17. The SMILES string of the molecule is CCCNC(CC)c1nnc(-c2cccc(C)c2C)o1. The Balaban J connectivity index is 2.26. The molecule has 0 fully saturated rings. The third-order valence-electron chi connectivity index (χ3n) is 3.62. The highest BCUT2D eigenvalue weighted by atomic mass is 16.4. The van der Waals surface area contributed by atoms with Crippen LogP contribution in [0.15, 0.2) is 22.6 Å². The summed E-state index contributed by atoms with van der Waals surface area (Å²) in [7, 11) is 0. The van der Waals surface area contributed by atoms with Gasteiger partial charge in [0.25, 0.3) is 0 Å². The van der Waals surface area contributed by atoms with E-state index >= 15 is 0 Å². The van der Waals surface area contributed by atoms with Crippen molar-refractivity contribution in [2.24, 2.45) is 0 Å². The second kappa shape index (κ2) is 6.66. The van der Waals surface area contributed by atoms with Gasteiger partial charge in [-0.2, -0.15) is 0 Å². The van der Waals surface area contributed by atoms with E-state index in [0.717, 1.165) is 24.9 Å². The second-order valence-corrected chi connectivity index (χ2v) is 5.11. The highest BCUT2D eigenvalue weighted by molar-refractivity contribution is 5.59. The Kier molecular flexibility index (Phi) is 4.90. The van der Waals surface area contributed by atoms with Crippen LogP contribution in [-0.4, -0.2) is 16.7 Å². The third kappa shape index (κ3) is 3.07. The summed E-state index contributed by atoms with van der Waals surface area (Å²) in [6, 6.07) is 6.28.